The van der Waals surface area contributed by atoms with Gasteiger partial charge in [-0.05, 0) is 56.0 Å². The Labute approximate surface area is 163 Å². The van der Waals surface area contributed by atoms with Crippen LogP contribution in [0.5, 0.6) is 5.88 Å². The number of aromatic nitrogens is 3. The normalized spacial score (nSPS) is 12.8. The molecule has 3 heterocycles. The molecule has 0 saturated carbocycles. The maximum Gasteiger partial charge on any atom is 0.260 e. The molecular weight excluding hydrogens is 356 g/mol. The Balaban J connectivity index is 1.66. The third kappa shape index (κ3) is 3.52. The fourth-order valence-electron chi connectivity index (χ4n) is 3.77. The molecule has 0 atom stereocenters. The van der Waals surface area contributed by atoms with E-state index in [9.17, 15) is 4.79 Å². The highest BCUT2D eigenvalue weighted by Crippen LogP contribution is 2.27. The van der Waals surface area contributed by atoms with E-state index in [2.05, 4.69) is 10.1 Å². The van der Waals surface area contributed by atoms with Crippen LogP contribution in [0.15, 0.2) is 41.1 Å². The molecule has 1 aliphatic carbocycles. The number of carbonyl (C=O) groups excluding carboxylic acids is 1. The molecule has 4 rings (SSSR count). The number of hydrogen-bond donors (Lipinski definition) is 0. The molecule has 0 aliphatic heterocycles. The number of pyridine rings is 1. The van der Waals surface area contributed by atoms with Crippen LogP contribution in [0.25, 0.3) is 0 Å². The molecule has 28 heavy (non-hydrogen) atoms. The van der Waals surface area contributed by atoms with Crippen molar-refractivity contribution in [1.29, 1.82) is 0 Å². The highest BCUT2D eigenvalue weighted by Gasteiger charge is 2.26. The number of nitrogens with zero attached hydrogens (tertiary/aromatic N) is 4. The van der Waals surface area contributed by atoms with Crippen molar-refractivity contribution in [3.8, 4) is 5.88 Å². The van der Waals surface area contributed by atoms with Gasteiger partial charge in [0.2, 0.25) is 5.88 Å². The average Bonchev–Trinajstić information content (AvgIpc) is 3.43. The molecule has 0 bridgehead atoms. The molecule has 0 fully saturated rings. The molecule has 7 nitrogen and oxygen atoms in total. The van der Waals surface area contributed by atoms with Gasteiger partial charge in [-0.1, -0.05) is 0 Å². The Morgan fingerprint density at radius 1 is 1.29 bits per heavy atom. The molecule has 1 amide bonds. The van der Waals surface area contributed by atoms with E-state index >= 15 is 0 Å². The van der Waals surface area contributed by atoms with Crippen LogP contribution in [0.4, 0.5) is 0 Å². The summed E-state index contributed by atoms with van der Waals surface area (Å²) in [5.74, 6) is 0.929. The van der Waals surface area contributed by atoms with Gasteiger partial charge in [0.1, 0.15) is 11.3 Å². The number of rotatable bonds is 7. The van der Waals surface area contributed by atoms with Crippen molar-refractivity contribution in [2.24, 2.45) is 7.05 Å². The maximum absolute atomic E-state index is 13.4. The number of hydrogen-bond acceptors (Lipinski definition) is 5. The van der Waals surface area contributed by atoms with Crippen molar-refractivity contribution in [3.05, 3.63) is 65.0 Å². The monoisotopic (exact) mass is 380 g/mol. The lowest BCUT2D eigenvalue weighted by molar-refractivity contribution is 0.0709. The van der Waals surface area contributed by atoms with E-state index in [1.54, 1.807) is 29.5 Å². The number of furan rings is 1. The summed E-state index contributed by atoms with van der Waals surface area (Å²) in [5, 5.41) is 4.68. The van der Waals surface area contributed by atoms with Crippen molar-refractivity contribution in [2.75, 3.05) is 6.61 Å². The van der Waals surface area contributed by atoms with Crippen molar-refractivity contribution in [1.82, 2.24) is 19.7 Å². The molecule has 7 heteroatoms. The quantitative estimate of drug-likeness (QED) is 0.630. The molecule has 0 unspecified atom stereocenters. The zero-order valence-corrected chi connectivity index (χ0v) is 16.2. The van der Waals surface area contributed by atoms with Gasteiger partial charge in [0.15, 0.2) is 0 Å². The maximum atomic E-state index is 13.4. The Morgan fingerprint density at radius 3 is 2.96 bits per heavy atom. The second-order valence-corrected chi connectivity index (χ2v) is 6.88. The number of fused-ring (bicyclic) bond motifs is 1. The van der Waals surface area contributed by atoms with E-state index in [-0.39, 0.29) is 5.91 Å². The summed E-state index contributed by atoms with van der Waals surface area (Å²) >= 11 is 0. The highest BCUT2D eigenvalue weighted by atomic mass is 16.5. The first kappa shape index (κ1) is 18.3. The van der Waals surface area contributed by atoms with Crippen molar-refractivity contribution >= 4 is 5.91 Å². The molecule has 3 aromatic rings. The number of carbonyl (C=O) groups is 1. The van der Waals surface area contributed by atoms with Crippen LogP contribution in [0.1, 0.15) is 46.4 Å². The van der Waals surface area contributed by atoms with E-state index in [1.807, 2.05) is 30.8 Å². The summed E-state index contributed by atoms with van der Waals surface area (Å²) in [6, 6.07) is 7.19. The van der Waals surface area contributed by atoms with E-state index in [1.165, 1.54) is 11.3 Å². The van der Waals surface area contributed by atoms with Gasteiger partial charge in [-0.2, -0.15) is 5.10 Å². The lowest BCUT2D eigenvalue weighted by Gasteiger charge is -2.22. The van der Waals surface area contributed by atoms with Gasteiger partial charge in [-0.15, -0.1) is 0 Å². The van der Waals surface area contributed by atoms with Crippen LogP contribution < -0.4 is 4.74 Å². The Kier molecular flexibility index (Phi) is 5.14. The molecule has 3 aromatic heterocycles. The SMILES string of the molecule is CCOc1ncccc1C(=O)N(Cc1ccco1)Cc1nn(C)c2c1CCC2. The van der Waals surface area contributed by atoms with Gasteiger partial charge in [-0.25, -0.2) is 4.98 Å². The van der Waals surface area contributed by atoms with Crippen LogP contribution in [0, 0.1) is 0 Å². The largest absolute Gasteiger partial charge is 0.477 e. The fraction of sp³-hybridized carbons (Fsp3) is 0.381. The van der Waals surface area contributed by atoms with Crippen molar-refractivity contribution < 1.29 is 13.9 Å². The van der Waals surface area contributed by atoms with Crippen LogP contribution >= 0.6 is 0 Å². The molecular formula is C21H24N4O3. The predicted molar refractivity (Wildman–Crippen MR) is 103 cm³/mol. The van der Waals surface area contributed by atoms with E-state index in [0.29, 0.717) is 31.1 Å². The van der Waals surface area contributed by atoms with Gasteiger partial charge in [0, 0.05) is 18.9 Å². The minimum absolute atomic E-state index is 0.148. The summed E-state index contributed by atoms with van der Waals surface area (Å²) in [6.07, 6.45) is 6.44. The lowest BCUT2D eigenvalue weighted by atomic mass is 10.1. The molecule has 0 spiro atoms. The summed E-state index contributed by atoms with van der Waals surface area (Å²) in [7, 11) is 1.97. The zero-order chi connectivity index (χ0) is 19.5. The van der Waals surface area contributed by atoms with Gasteiger partial charge in [0.25, 0.3) is 5.91 Å². The molecule has 1 aliphatic rings. The van der Waals surface area contributed by atoms with Gasteiger partial charge in [0.05, 0.1) is 31.7 Å². The molecule has 0 radical (unpaired) electrons. The topological polar surface area (TPSA) is 73.4 Å². The summed E-state index contributed by atoms with van der Waals surface area (Å²) in [5.41, 5.74) is 3.95. The zero-order valence-electron chi connectivity index (χ0n) is 16.2. The predicted octanol–water partition coefficient (Wildman–Crippen LogP) is 3.14. The summed E-state index contributed by atoms with van der Waals surface area (Å²) < 4.78 is 13.0. The smallest absolute Gasteiger partial charge is 0.260 e. The fourth-order valence-corrected chi connectivity index (χ4v) is 3.77. The van der Waals surface area contributed by atoms with Crippen LogP contribution in [-0.2, 0) is 33.0 Å². The van der Waals surface area contributed by atoms with Crippen LogP contribution in [0.3, 0.4) is 0 Å². The third-order valence-electron chi connectivity index (χ3n) is 5.04. The molecule has 0 N–H and O–H groups in total. The van der Waals surface area contributed by atoms with Crippen LogP contribution in [0.2, 0.25) is 0 Å². The van der Waals surface area contributed by atoms with E-state index < -0.39 is 0 Å². The lowest BCUT2D eigenvalue weighted by Crippen LogP contribution is -2.31. The Morgan fingerprint density at radius 2 is 2.18 bits per heavy atom. The minimum Gasteiger partial charge on any atom is -0.477 e. The second kappa shape index (κ2) is 7.88. The third-order valence-corrected chi connectivity index (χ3v) is 5.04. The first-order valence-corrected chi connectivity index (χ1v) is 9.60. The molecule has 146 valence electrons. The number of aryl methyl sites for hydroxylation is 1. The summed E-state index contributed by atoms with van der Waals surface area (Å²) in [6.45, 7) is 3.10. The van der Waals surface area contributed by atoms with E-state index in [4.69, 9.17) is 9.15 Å². The molecule has 0 saturated heterocycles. The summed E-state index contributed by atoms with van der Waals surface area (Å²) in [4.78, 5) is 19.4. The van der Waals surface area contributed by atoms with Gasteiger partial charge >= 0.3 is 0 Å². The van der Waals surface area contributed by atoms with Gasteiger partial charge < -0.3 is 14.1 Å². The van der Waals surface area contributed by atoms with E-state index in [0.717, 1.165) is 30.7 Å². The molecule has 0 aromatic carbocycles. The minimum atomic E-state index is -0.148. The number of amides is 1. The second-order valence-electron chi connectivity index (χ2n) is 6.88. The van der Waals surface area contributed by atoms with Gasteiger partial charge in [-0.3, -0.25) is 9.48 Å². The van der Waals surface area contributed by atoms with Crippen molar-refractivity contribution in [3.63, 3.8) is 0 Å². The standard InChI is InChI=1S/C21H24N4O3/c1-3-27-20-17(9-5-11-22-20)21(26)25(13-15-7-6-12-28-15)14-18-16-8-4-10-19(16)24(2)23-18/h5-7,9,11-12H,3-4,8,10,13-14H2,1-2H3. The highest BCUT2D eigenvalue weighted by molar-refractivity contribution is 5.96. The Hall–Kier alpha value is -3.09. The average molecular weight is 380 g/mol. The first-order chi connectivity index (χ1) is 13.7. The van der Waals surface area contributed by atoms with Crippen LogP contribution in [-0.4, -0.2) is 32.2 Å². The first-order valence-electron chi connectivity index (χ1n) is 9.60. The number of ether oxygens (including phenoxy) is 1. The Bertz CT molecular complexity index is 962. The van der Waals surface area contributed by atoms with Crippen molar-refractivity contribution in [2.45, 2.75) is 39.3 Å².